The van der Waals surface area contributed by atoms with Gasteiger partial charge in [-0.05, 0) is 36.4 Å². The zero-order valence-corrected chi connectivity index (χ0v) is 15.9. The SMILES string of the molecule is COc1ccc(Cl)cc1NC(=O)COC(=O)c1cc(C(C)=O)n2ccccc12. The number of fused-ring (bicyclic) bond motifs is 1. The van der Waals surface area contributed by atoms with Crippen LogP contribution in [0, 0.1) is 0 Å². The Morgan fingerprint density at radius 2 is 1.93 bits per heavy atom. The first-order chi connectivity index (χ1) is 13.4. The van der Waals surface area contributed by atoms with Gasteiger partial charge >= 0.3 is 5.97 Å². The van der Waals surface area contributed by atoms with Gasteiger partial charge in [0.2, 0.25) is 0 Å². The molecule has 0 aliphatic carbocycles. The Morgan fingerprint density at radius 1 is 1.14 bits per heavy atom. The first-order valence-corrected chi connectivity index (χ1v) is 8.70. The molecule has 1 amide bonds. The number of pyridine rings is 1. The number of esters is 1. The molecule has 0 aliphatic heterocycles. The highest BCUT2D eigenvalue weighted by atomic mass is 35.5. The quantitative estimate of drug-likeness (QED) is 0.504. The number of anilines is 1. The number of halogens is 1. The number of nitrogens with zero attached hydrogens (tertiary/aromatic N) is 1. The van der Waals surface area contributed by atoms with E-state index in [4.69, 9.17) is 21.1 Å². The predicted molar refractivity (Wildman–Crippen MR) is 104 cm³/mol. The molecular formula is C20H17ClN2O5. The first kappa shape index (κ1) is 19.4. The van der Waals surface area contributed by atoms with E-state index >= 15 is 0 Å². The Morgan fingerprint density at radius 3 is 2.64 bits per heavy atom. The number of hydrogen-bond acceptors (Lipinski definition) is 5. The molecule has 8 heteroatoms. The lowest BCUT2D eigenvalue weighted by molar-refractivity contribution is -0.119. The van der Waals surface area contributed by atoms with Crippen molar-refractivity contribution < 1.29 is 23.9 Å². The highest BCUT2D eigenvalue weighted by Crippen LogP contribution is 2.27. The highest BCUT2D eigenvalue weighted by molar-refractivity contribution is 6.31. The summed E-state index contributed by atoms with van der Waals surface area (Å²) in [5.74, 6) is -1.02. The van der Waals surface area contributed by atoms with Crippen molar-refractivity contribution in [3.8, 4) is 5.75 Å². The zero-order valence-electron chi connectivity index (χ0n) is 15.2. The Kier molecular flexibility index (Phi) is 5.65. The maximum Gasteiger partial charge on any atom is 0.340 e. The van der Waals surface area contributed by atoms with Crippen molar-refractivity contribution >= 4 is 40.5 Å². The topological polar surface area (TPSA) is 86.1 Å². The third-order valence-corrected chi connectivity index (χ3v) is 4.26. The van der Waals surface area contributed by atoms with Crippen LogP contribution >= 0.6 is 11.6 Å². The van der Waals surface area contributed by atoms with Crippen LogP contribution in [0.3, 0.4) is 0 Å². The first-order valence-electron chi connectivity index (χ1n) is 8.32. The van der Waals surface area contributed by atoms with Crippen LogP contribution in [-0.2, 0) is 9.53 Å². The summed E-state index contributed by atoms with van der Waals surface area (Å²) >= 11 is 5.93. The molecule has 0 saturated heterocycles. The number of carbonyl (C=O) groups excluding carboxylic acids is 3. The van der Waals surface area contributed by atoms with E-state index in [0.717, 1.165) is 0 Å². The molecule has 2 aromatic heterocycles. The Labute approximate surface area is 165 Å². The standard InChI is InChI=1S/C20H17ClN2O5/c1-12(24)17-10-14(16-5-3-4-8-23(16)17)20(26)28-11-19(25)22-15-9-13(21)6-7-18(15)27-2/h3-10H,11H2,1-2H3,(H,22,25). The second-order valence-corrected chi connectivity index (χ2v) is 6.36. The second-order valence-electron chi connectivity index (χ2n) is 5.92. The molecule has 0 saturated carbocycles. The maximum absolute atomic E-state index is 12.5. The van der Waals surface area contributed by atoms with Crippen LogP contribution < -0.4 is 10.1 Å². The minimum absolute atomic E-state index is 0.189. The summed E-state index contributed by atoms with van der Waals surface area (Å²) in [6, 6.07) is 11.4. The molecule has 3 aromatic rings. The zero-order chi connectivity index (χ0) is 20.3. The van der Waals surface area contributed by atoms with E-state index in [1.165, 1.54) is 26.2 Å². The van der Waals surface area contributed by atoms with Crippen LogP contribution in [0.25, 0.3) is 5.52 Å². The lowest BCUT2D eigenvalue weighted by Gasteiger charge is -2.10. The Balaban J connectivity index is 1.73. The third-order valence-electron chi connectivity index (χ3n) is 4.03. The number of hydrogen-bond donors (Lipinski definition) is 1. The number of nitrogens with one attached hydrogen (secondary N) is 1. The van der Waals surface area contributed by atoms with Gasteiger partial charge in [0.25, 0.3) is 5.91 Å². The van der Waals surface area contributed by atoms with E-state index in [-0.39, 0.29) is 11.3 Å². The Hall–Kier alpha value is -3.32. The molecule has 0 fully saturated rings. The van der Waals surface area contributed by atoms with Gasteiger partial charge in [0, 0.05) is 18.1 Å². The smallest absolute Gasteiger partial charge is 0.340 e. The molecule has 0 bridgehead atoms. The molecule has 0 spiro atoms. The van der Waals surface area contributed by atoms with E-state index < -0.39 is 18.5 Å². The Bertz CT molecular complexity index is 1070. The van der Waals surface area contributed by atoms with E-state index in [0.29, 0.717) is 27.7 Å². The molecule has 28 heavy (non-hydrogen) atoms. The van der Waals surface area contributed by atoms with Crippen LogP contribution in [0.1, 0.15) is 27.8 Å². The summed E-state index contributed by atoms with van der Waals surface area (Å²) < 4.78 is 11.9. The number of amides is 1. The monoisotopic (exact) mass is 400 g/mol. The van der Waals surface area contributed by atoms with Crippen LogP contribution in [0.2, 0.25) is 5.02 Å². The number of ketones is 1. The summed E-state index contributed by atoms with van der Waals surface area (Å²) in [5.41, 5.74) is 1.45. The molecular weight excluding hydrogens is 384 g/mol. The highest BCUT2D eigenvalue weighted by Gasteiger charge is 2.19. The second kappa shape index (κ2) is 8.14. The summed E-state index contributed by atoms with van der Waals surface area (Å²) in [6.07, 6.45) is 1.68. The van der Waals surface area contributed by atoms with Gasteiger partial charge in [-0.1, -0.05) is 17.7 Å². The predicted octanol–water partition coefficient (Wildman–Crippen LogP) is 3.60. The summed E-state index contributed by atoms with van der Waals surface area (Å²) in [5, 5.41) is 3.01. The summed E-state index contributed by atoms with van der Waals surface area (Å²) in [6.45, 7) is 0.907. The van der Waals surface area contributed by atoms with Gasteiger partial charge < -0.3 is 19.2 Å². The van der Waals surface area contributed by atoms with E-state index in [9.17, 15) is 14.4 Å². The van der Waals surface area contributed by atoms with Gasteiger partial charge in [0.15, 0.2) is 12.4 Å². The van der Waals surface area contributed by atoms with Crippen molar-refractivity contribution in [2.24, 2.45) is 0 Å². The summed E-state index contributed by atoms with van der Waals surface area (Å²) in [4.78, 5) is 36.4. The number of aromatic nitrogens is 1. The van der Waals surface area contributed by atoms with Crippen LogP contribution in [0.15, 0.2) is 48.7 Å². The molecule has 0 radical (unpaired) electrons. The number of carbonyl (C=O) groups is 3. The third kappa shape index (κ3) is 3.99. The van der Waals surface area contributed by atoms with Crippen molar-refractivity contribution in [3.63, 3.8) is 0 Å². The van der Waals surface area contributed by atoms with Crippen molar-refractivity contribution in [1.82, 2.24) is 4.40 Å². The number of methoxy groups -OCH3 is 1. The van der Waals surface area contributed by atoms with E-state index in [1.807, 2.05) is 0 Å². The largest absolute Gasteiger partial charge is 0.495 e. The van der Waals surface area contributed by atoms with E-state index in [2.05, 4.69) is 5.32 Å². The van der Waals surface area contributed by atoms with Crippen molar-refractivity contribution in [3.05, 3.63) is 64.9 Å². The van der Waals surface area contributed by atoms with Crippen molar-refractivity contribution in [2.75, 3.05) is 19.0 Å². The maximum atomic E-state index is 12.5. The molecule has 1 aromatic carbocycles. The molecule has 7 nitrogen and oxygen atoms in total. The number of Topliss-reactive ketones (excluding diaryl/α,β-unsaturated/α-hetero) is 1. The fourth-order valence-corrected chi connectivity index (χ4v) is 2.93. The molecule has 0 atom stereocenters. The molecule has 0 aliphatic rings. The average molecular weight is 401 g/mol. The van der Waals surface area contributed by atoms with Crippen LogP contribution in [-0.4, -0.2) is 35.8 Å². The molecule has 2 heterocycles. The fourth-order valence-electron chi connectivity index (χ4n) is 2.76. The van der Waals surface area contributed by atoms with Crippen LogP contribution in [0.5, 0.6) is 5.75 Å². The lowest BCUT2D eigenvalue weighted by Crippen LogP contribution is -2.21. The molecule has 144 valence electrons. The molecule has 1 N–H and O–H groups in total. The average Bonchev–Trinajstić information content (AvgIpc) is 3.06. The number of benzene rings is 1. The van der Waals surface area contributed by atoms with Crippen LogP contribution in [0.4, 0.5) is 5.69 Å². The van der Waals surface area contributed by atoms with Crippen molar-refractivity contribution in [1.29, 1.82) is 0 Å². The minimum atomic E-state index is -0.704. The summed E-state index contributed by atoms with van der Waals surface area (Å²) in [7, 11) is 1.46. The van der Waals surface area contributed by atoms with E-state index in [1.54, 1.807) is 40.9 Å². The van der Waals surface area contributed by atoms with Gasteiger partial charge in [-0.15, -0.1) is 0 Å². The van der Waals surface area contributed by atoms with Gasteiger partial charge in [0.05, 0.1) is 29.6 Å². The van der Waals surface area contributed by atoms with Gasteiger partial charge in [-0.2, -0.15) is 0 Å². The number of rotatable bonds is 6. The van der Waals surface area contributed by atoms with Crippen molar-refractivity contribution in [2.45, 2.75) is 6.92 Å². The van der Waals surface area contributed by atoms with Gasteiger partial charge in [0.1, 0.15) is 5.75 Å². The minimum Gasteiger partial charge on any atom is -0.495 e. The van der Waals surface area contributed by atoms with Gasteiger partial charge in [-0.3, -0.25) is 9.59 Å². The molecule has 0 unspecified atom stereocenters. The number of ether oxygens (including phenoxy) is 2. The lowest BCUT2D eigenvalue weighted by atomic mass is 10.2. The fraction of sp³-hybridized carbons (Fsp3) is 0.150. The normalized spacial score (nSPS) is 10.5. The molecule has 3 rings (SSSR count). The van der Waals surface area contributed by atoms with Gasteiger partial charge in [-0.25, -0.2) is 4.79 Å².